The van der Waals surface area contributed by atoms with E-state index in [0.29, 0.717) is 25.5 Å². The second-order valence-electron chi connectivity index (χ2n) is 10.6. The number of amides is 1. The smallest absolute Gasteiger partial charge is 0.305 e. The minimum atomic E-state index is -0.953. The van der Waals surface area contributed by atoms with Gasteiger partial charge in [0.25, 0.3) is 0 Å². The zero-order valence-electron chi connectivity index (χ0n) is 21.9. The van der Waals surface area contributed by atoms with E-state index in [1.165, 1.54) is 5.56 Å². The highest BCUT2D eigenvalue weighted by atomic mass is 16.6. The van der Waals surface area contributed by atoms with Crippen molar-refractivity contribution in [1.82, 2.24) is 15.2 Å². The van der Waals surface area contributed by atoms with Crippen LogP contribution in [0.1, 0.15) is 55.0 Å². The summed E-state index contributed by atoms with van der Waals surface area (Å²) in [4.78, 5) is 32.0. The standard InChI is InChI=1S/C29H38N4O5/c34-27(35)16-26(21-5-1-9-24(15-21)38-25-18-37-19-25)32-29(36)22-7-3-13-33(17-22)14-4-8-23-11-10-20-6-2-12-30-28(20)31-23/h1,5,9-11,15,22,25-26H,2-4,6-8,12-14,16-19H2,(H,30,31)(H,32,36)(H,34,35)/t22-,26+/m1/s1. The van der Waals surface area contributed by atoms with Crippen molar-refractivity contribution in [2.75, 3.05) is 44.7 Å². The fourth-order valence-electron chi connectivity index (χ4n) is 5.46. The van der Waals surface area contributed by atoms with Crippen LogP contribution in [0.5, 0.6) is 5.75 Å². The number of piperidine rings is 1. The number of ether oxygens (including phenoxy) is 2. The van der Waals surface area contributed by atoms with Gasteiger partial charge >= 0.3 is 5.97 Å². The van der Waals surface area contributed by atoms with Crippen LogP contribution in [0.2, 0.25) is 0 Å². The Labute approximate surface area is 223 Å². The van der Waals surface area contributed by atoms with Crippen molar-refractivity contribution in [3.8, 4) is 5.75 Å². The molecule has 0 unspecified atom stereocenters. The van der Waals surface area contributed by atoms with Crippen molar-refractivity contribution >= 4 is 17.7 Å². The second kappa shape index (κ2) is 12.6. The van der Waals surface area contributed by atoms with Crippen LogP contribution >= 0.6 is 0 Å². The first-order valence-electron chi connectivity index (χ1n) is 13.8. The van der Waals surface area contributed by atoms with E-state index in [1.807, 2.05) is 24.3 Å². The quantitative estimate of drug-likeness (QED) is 0.413. The molecule has 38 heavy (non-hydrogen) atoms. The van der Waals surface area contributed by atoms with Gasteiger partial charge in [-0.05, 0) is 80.9 Å². The van der Waals surface area contributed by atoms with Gasteiger partial charge in [0.1, 0.15) is 17.7 Å². The SMILES string of the molecule is O=C(O)C[C@H](NC(=O)[C@@H]1CCCN(CCCc2ccc3c(n2)NCCC3)C1)c1cccc(OC2COC2)c1. The zero-order chi connectivity index (χ0) is 26.3. The number of carboxylic acids is 1. The molecule has 9 nitrogen and oxygen atoms in total. The van der Waals surface area contributed by atoms with Crippen LogP contribution in [0, 0.1) is 5.92 Å². The monoisotopic (exact) mass is 522 g/mol. The van der Waals surface area contributed by atoms with Gasteiger partial charge in [0.05, 0.1) is 31.6 Å². The molecule has 0 radical (unpaired) electrons. The number of aromatic nitrogens is 1. The fourth-order valence-corrected chi connectivity index (χ4v) is 5.46. The lowest BCUT2D eigenvalue weighted by Crippen LogP contribution is -2.44. The van der Waals surface area contributed by atoms with Crippen LogP contribution < -0.4 is 15.4 Å². The van der Waals surface area contributed by atoms with E-state index in [9.17, 15) is 14.7 Å². The van der Waals surface area contributed by atoms with Crippen molar-refractivity contribution in [3.05, 3.63) is 53.2 Å². The summed E-state index contributed by atoms with van der Waals surface area (Å²) in [6.07, 6.45) is 5.75. The number of carboxylic acid groups (broad SMARTS) is 1. The van der Waals surface area contributed by atoms with Gasteiger partial charge in [-0.3, -0.25) is 9.59 Å². The number of anilines is 1. The van der Waals surface area contributed by atoms with Crippen LogP contribution in [0.4, 0.5) is 5.82 Å². The van der Waals surface area contributed by atoms with E-state index >= 15 is 0 Å². The van der Waals surface area contributed by atoms with Gasteiger partial charge in [-0.25, -0.2) is 4.98 Å². The Morgan fingerprint density at radius 3 is 2.95 bits per heavy atom. The number of aliphatic carboxylic acids is 1. The molecule has 1 aromatic heterocycles. The number of carbonyl (C=O) groups excluding carboxylic acids is 1. The molecule has 3 aliphatic rings. The zero-order valence-corrected chi connectivity index (χ0v) is 21.9. The van der Waals surface area contributed by atoms with Crippen molar-refractivity contribution in [3.63, 3.8) is 0 Å². The molecule has 5 rings (SSSR count). The summed E-state index contributed by atoms with van der Waals surface area (Å²) in [7, 11) is 0. The fraction of sp³-hybridized carbons (Fsp3) is 0.552. The molecular weight excluding hydrogens is 484 g/mol. The molecule has 2 fully saturated rings. The molecular formula is C29H38N4O5. The van der Waals surface area contributed by atoms with E-state index < -0.39 is 12.0 Å². The number of aryl methyl sites for hydroxylation is 2. The van der Waals surface area contributed by atoms with Gasteiger partial charge in [0.15, 0.2) is 0 Å². The predicted molar refractivity (Wildman–Crippen MR) is 143 cm³/mol. The van der Waals surface area contributed by atoms with Crippen LogP contribution in [0.3, 0.4) is 0 Å². The van der Waals surface area contributed by atoms with Crippen molar-refractivity contribution in [2.24, 2.45) is 5.92 Å². The van der Waals surface area contributed by atoms with E-state index in [4.69, 9.17) is 14.5 Å². The molecule has 0 aliphatic carbocycles. The number of hydrogen-bond donors (Lipinski definition) is 3. The highest BCUT2D eigenvalue weighted by molar-refractivity contribution is 5.80. The first kappa shape index (κ1) is 26.4. The molecule has 0 saturated carbocycles. The Hall–Kier alpha value is -3.17. The first-order chi connectivity index (χ1) is 18.5. The van der Waals surface area contributed by atoms with Gasteiger partial charge in [0.2, 0.25) is 5.91 Å². The maximum Gasteiger partial charge on any atom is 0.305 e. The lowest BCUT2D eigenvalue weighted by Gasteiger charge is -2.33. The largest absolute Gasteiger partial charge is 0.486 e. The van der Waals surface area contributed by atoms with Crippen molar-refractivity contribution < 1.29 is 24.2 Å². The van der Waals surface area contributed by atoms with E-state index in [-0.39, 0.29) is 24.3 Å². The number of pyridine rings is 1. The summed E-state index contributed by atoms with van der Waals surface area (Å²) in [6.45, 7) is 4.68. The normalized spacial score (nSPS) is 20.5. The van der Waals surface area contributed by atoms with Crippen LogP contribution in [0.25, 0.3) is 0 Å². The summed E-state index contributed by atoms with van der Waals surface area (Å²) < 4.78 is 11.0. The topological polar surface area (TPSA) is 113 Å². The third-order valence-electron chi connectivity index (χ3n) is 7.60. The van der Waals surface area contributed by atoms with Crippen LogP contribution in [-0.4, -0.2) is 72.4 Å². The first-order valence-corrected chi connectivity index (χ1v) is 13.8. The van der Waals surface area contributed by atoms with Crippen LogP contribution in [0.15, 0.2) is 36.4 Å². The van der Waals surface area contributed by atoms with Gasteiger partial charge in [-0.15, -0.1) is 0 Å². The van der Waals surface area contributed by atoms with Gasteiger partial charge in [-0.1, -0.05) is 18.2 Å². The molecule has 1 aromatic carbocycles. The van der Waals surface area contributed by atoms with E-state index in [1.54, 1.807) is 0 Å². The Bertz CT molecular complexity index is 1120. The predicted octanol–water partition coefficient (Wildman–Crippen LogP) is 3.19. The molecule has 3 N–H and O–H groups in total. The number of nitrogens with zero attached hydrogens (tertiary/aromatic N) is 2. The molecule has 2 atom stereocenters. The minimum Gasteiger partial charge on any atom is -0.486 e. The number of nitrogens with one attached hydrogen (secondary N) is 2. The number of carbonyl (C=O) groups is 2. The number of hydrogen-bond acceptors (Lipinski definition) is 7. The summed E-state index contributed by atoms with van der Waals surface area (Å²) in [5, 5.41) is 15.9. The van der Waals surface area contributed by atoms with E-state index in [2.05, 4.69) is 27.7 Å². The van der Waals surface area contributed by atoms with Gasteiger partial charge in [0, 0.05) is 18.8 Å². The molecule has 4 heterocycles. The molecule has 2 saturated heterocycles. The average molecular weight is 523 g/mol. The van der Waals surface area contributed by atoms with Crippen molar-refractivity contribution in [2.45, 2.75) is 57.1 Å². The van der Waals surface area contributed by atoms with Crippen LogP contribution in [-0.2, 0) is 27.2 Å². The average Bonchev–Trinajstić information content (AvgIpc) is 2.90. The number of fused-ring (bicyclic) bond motifs is 1. The number of likely N-dealkylation sites (tertiary alicyclic amines) is 1. The van der Waals surface area contributed by atoms with Gasteiger partial charge in [-0.2, -0.15) is 0 Å². The summed E-state index contributed by atoms with van der Waals surface area (Å²) in [5.41, 5.74) is 3.15. The Balaban J connectivity index is 1.14. The molecule has 9 heteroatoms. The van der Waals surface area contributed by atoms with Gasteiger partial charge < -0.3 is 30.1 Å². The molecule has 0 spiro atoms. The molecule has 204 valence electrons. The van der Waals surface area contributed by atoms with E-state index in [0.717, 1.165) is 75.2 Å². The summed E-state index contributed by atoms with van der Waals surface area (Å²) >= 11 is 0. The Morgan fingerprint density at radius 2 is 2.13 bits per heavy atom. The highest BCUT2D eigenvalue weighted by Gasteiger charge is 2.29. The third-order valence-corrected chi connectivity index (χ3v) is 7.60. The molecule has 1 amide bonds. The number of rotatable bonds is 11. The third kappa shape index (κ3) is 7.02. The summed E-state index contributed by atoms with van der Waals surface area (Å²) in [5.74, 6) is 0.507. The highest BCUT2D eigenvalue weighted by Crippen LogP contribution is 2.26. The lowest BCUT2D eigenvalue weighted by molar-refractivity contribution is -0.138. The Kier molecular flexibility index (Phi) is 8.75. The molecule has 2 aromatic rings. The maximum atomic E-state index is 13.3. The lowest BCUT2D eigenvalue weighted by atomic mass is 9.95. The second-order valence-corrected chi connectivity index (χ2v) is 10.6. The Morgan fingerprint density at radius 1 is 1.24 bits per heavy atom. The van der Waals surface area contributed by atoms with Crippen molar-refractivity contribution in [1.29, 1.82) is 0 Å². The summed E-state index contributed by atoms with van der Waals surface area (Å²) in [6, 6.07) is 11.1. The number of benzene rings is 1. The molecule has 0 bridgehead atoms. The minimum absolute atomic E-state index is 0.0191. The molecule has 3 aliphatic heterocycles. The maximum absolute atomic E-state index is 13.3.